The van der Waals surface area contributed by atoms with Gasteiger partial charge in [-0.1, -0.05) is 12.1 Å². The fourth-order valence-corrected chi connectivity index (χ4v) is 2.93. The second-order valence-corrected chi connectivity index (χ2v) is 6.26. The summed E-state index contributed by atoms with van der Waals surface area (Å²) in [5, 5.41) is 3.55. The van der Waals surface area contributed by atoms with E-state index in [1.807, 2.05) is 6.07 Å². The fourth-order valence-electron chi connectivity index (χ4n) is 2.93. The number of amides is 1. The Kier molecular flexibility index (Phi) is 5.54. The first kappa shape index (κ1) is 18.6. The number of fused-ring (bicyclic) bond motifs is 1. The highest BCUT2D eigenvalue weighted by molar-refractivity contribution is 5.85. The van der Waals surface area contributed by atoms with Crippen LogP contribution < -0.4 is 15.7 Å². The van der Waals surface area contributed by atoms with Gasteiger partial charge in [0.2, 0.25) is 5.91 Å². The summed E-state index contributed by atoms with van der Waals surface area (Å²) in [7, 11) is 1.54. The topological polar surface area (TPSA) is 68.5 Å². The predicted octanol–water partition coefficient (Wildman–Crippen LogP) is 3.15. The van der Waals surface area contributed by atoms with Crippen molar-refractivity contribution in [3.63, 3.8) is 0 Å². The number of hydrogen-bond donors (Lipinski definition) is 1. The van der Waals surface area contributed by atoms with Crippen molar-refractivity contribution >= 4 is 16.9 Å². The summed E-state index contributed by atoms with van der Waals surface area (Å²) in [5.74, 6) is 0.0376. The smallest absolute Gasteiger partial charge is 0.340 e. The molecule has 6 heteroatoms. The van der Waals surface area contributed by atoms with Crippen LogP contribution in [0.5, 0.6) is 5.75 Å². The van der Waals surface area contributed by atoms with E-state index < -0.39 is 5.63 Å². The van der Waals surface area contributed by atoms with Crippen LogP contribution in [0, 0.1) is 12.7 Å². The summed E-state index contributed by atoms with van der Waals surface area (Å²) in [4.78, 5) is 24.5. The Bertz CT molecular complexity index is 1020. The summed E-state index contributed by atoms with van der Waals surface area (Å²) < 4.78 is 23.4. The third kappa shape index (κ3) is 4.34. The van der Waals surface area contributed by atoms with Crippen LogP contribution in [0.15, 0.2) is 51.7 Å². The predicted molar refractivity (Wildman–Crippen MR) is 101 cm³/mol. The summed E-state index contributed by atoms with van der Waals surface area (Å²) in [6.07, 6.45) is 0.524. The van der Waals surface area contributed by atoms with Crippen molar-refractivity contribution in [2.45, 2.75) is 19.8 Å². The molecule has 1 heterocycles. The molecular formula is C21H20FNO4. The lowest BCUT2D eigenvalue weighted by atomic mass is 10.0. The average Bonchev–Trinajstić information content (AvgIpc) is 2.66. The first-order valence-corrected chi connectivity index (χ1v) is 8.59. The van der Waals surface area contributed by atoms with Crippen molar-refractivity contribution in [2.24, 2.45) is 0 Å². The highest BCUT2D eigenvalue weighted by Gasteiger charge is 2.15. The second kappa shape index (κ2) is 8.03. The van der Waals surface area contributed by atoms with E-state index in [0.29, 0.717) is 29.9 Å². The van der Waals surface area contributed by atoms with Gasteiger partial charge in [0.25, 0.3) is 0 Å². The largest absolute Gasteiger partial charge is 0.497 e. The maximum absolute atomic E-state index is 12.9. The molecule has 0 unspecified atom stereocenters. The molecule has 0 saturated heterocycles. The Balaban J connectivity index is 1.69. The van der Waals surface area contributed by atoms with E-state index in [0.717, 1.165) is 16.5 Å². The maximum Gasteiger partial charge on any atom is 0.340 e. The van der Waals surface area contributed by atoms with Gasteiger partial charge in [0.05, 0.1) is 19.1 Å². The first-order valence-electron chi connectivity index (χ1n) is 8.59. The Morgan fingerprint density at radius 3 is 2.63 bits per heavy atom. The molecule has 0 atom stereocenters. The van der Waals surface area contributed by atoms with Gasteiger partial charge in [-0.2, -0.15) is 0 Å². The van der Waals surface area contributed by atoms with Crippen molar-refractivity contribution in [1.82, 2.24) is 5.32 Å². The van der Waals surface area contributed by atoms with Crippen LogP contribution in [-0.4, -0.2) is 19.6 Å². The summed E-state index contributed by atoms with van der Waals surface area (Å²) in [6, 6.07) is 11.4. The van der Waals surface area contributed by atoms with Gasteiger partial charge in [-0.15, -0.1) is 0 Å². The molecular weight excluding hydrogens is 349 g/mol. The molecule has 0 aliphatic heterocycles. The molecule has 2 aromatic carbocycles. The monoisotopic (exact) mass is 369 g/mol. The number of aryl methyl sites for hydroxylation is 1. The summed E-state index contributed by atoms with van der Waals surface area (Å²) in [5.41, 5.74) is 1.89. The van der Waals surface area contributed by atoms with Gasteiger partial charge in [0.1, 0.15) is 17.1 Å². The number of carbonyl (C=O) groups excluding carboxylic acids is 1. The number of hydrogen-bond acceptors (Lipinski definition) is 4. The van der Waals surface area contributed by atoms with Gasteiger partial charge in [-0.25, -0.2) is 9.18 Å². The van der Waals surface area contributed by atoms with Crippen LogP contribution in [0.2, 0.25) is 0 Å². The van der Waals surface area contributed by atoms with Crippen molar-refractivity contribution in [3.8, 4) is 5.75 Å². The van der Waals surface area contributed by atoms with Gasteiger partial charge in [-0.05, 0) is 48.7 Å². The minimum absolute atomic E-state index is 0.0560. The lowest BCUT2D eigenvalue weighted by Crippen LogP contribution is -2.29. The molecule has 3 aromatic rings. The third-order valence-electron chi connectivity index (χ3n) is 4.48. The van der Waals surface area contributed by atoms with Crippen LogP contribution >= 0.6 is 0 Å². The minimum atomic E-state index is -0.526. The lowest BCUT2D eigenvalue weighted by Gasteiger charge is -2.09. The van der Waals surface area contributed by atoms with Gasteiger partial charge < -0.3 is 14.5 Å². The highest BCUT2D eigenvalue weighted by Crippen LogP contribution is 2.24. The zero-order valence-electron chi connectivity index (χ0n) is 15.2. The van der Waals surface area contributed by atoms with Crippen molar-refractivity contribution in [1.29, 1.82) is 0 Å². The standard InChI is InChI=1S/C21H20FNO4/c1-13-17-8-7-16(26-2)11-19(17)27-21(25)18(13)12-20(24)23-10-9-14-3-5-15(22)6-4-14/h3-8,11H,9-10,12H2,1-2H3,(H,23,24). The van der Waals surface area contributed by atoms with Gasteiger partial charge >= 0.3 is 5.63 Å². The molecule has 27 heavy (non-hydrogen) atoms. The van der Waals surface area contributed by atoms with E-state index in [4.69, 9.17) is 9.15 Å². The Morgan fingerprint density at radius 2 is 1.93 bits per heavy atom. The van der Waals surface area contributed by atoms with Gasteiger partial charge in [0.15, 0.2) is 0 Å². The van der Waals surface area contributed by atoms with Crippen LogP contribution in [0.1, 0.15) is 16.7 Å². The normalized spacial score (nSPS) is 10.8. The molecule has 0 bridgehead atoms. The van der Waals surface area contributed by atoms with Crippen molar-refractivity contribution < 1.29 is 18.3 Å². The SMILES string of the molecule is COc1ccc2c(C)c(CC(=O)NCCc3ccc(F)cc3)c(=O)oc2c1. The number of ether oxygens (including phenoxy) is 1. The zero-order valence-corrected chi connectivity index (χ0v) is 15.2. The molecule has 0 radical (unpaired) electrons. The minimum Gasteiger partial charge on any atom is -0.497 e. The van der Waals surface area contributed by atoms with Crippen molar-refractivity contribution in [3.05, 3.63) is 75.4 Å². The Labute approximate surface area is 155 Å². The molecule has 1 aromatic heterocycles. The van der Waals surface area contributed by atoms with Gasteiger partial charge in [-0.3, -0.25) is 4.79 Å². The number of carbonyl (C=O) groups is 1. The maximum atomic E-state index is 12.9. The molecule has 0 fully saturated rings. The molecule has 3 rings (SSSR count). The van der Waals surface area contributed by atoms with Crippen LogP contribution in [0.25, 0.3) is 11.0 Å². The molecule has 0 spiro atoms. The number of benzene rings is 2. The zero-order chi connectivity index (χ0) is 19.4. The summed E-state index contributed by atoms with van der Waals surface area (Å²) >= 11 is 0. The molecule has 5 nitrogen and oxygen atoms in total. The molecule has 0 aliphatic rings. The molecule has 1 amide bonds. The third-order valence-corrected chi connectivity index (χ3v) is 4.48. The Hall–Kier alpha value is -3.15. The molecule has 140 valence electrons. The van der Waals surface area contributed by atoms with E-state index in [1.165, 1.54) is 19.2 Å². The highest BCUT2D eigenvalue weighted by atomic mass is 19.1. The quantitative estimate of drug-likeness (QED) is 0.678. The Morgan fingerprint density at radius 1 is 1.19 bits per heavy atom. The fraction of sp³-hybridized carbons (Fsp3) is 0.238. The number of rotatable bonds is 6. The van der Waals surface area contributed by atoms with E-state index in [9.17, 15) is 14.0 Å². The first-order chi connectivity index (χ1) is 13.0. The van der Waals surface area contributed by atoms with E-state index in [1.54, 1.807) is 31.2 Å². The molecule has 1 N–H and O–H groups in total. The summed E-state index contributed by atoms with van der Waals surface area (Å²) in [6.45, 7) is 2.20. The number of halogens is 1. The van der Waals surface area contributed by atoms with Crippen molar-refractivity contribution in [2.75, 3.05) is 13.7 Å². The van der Waals surface area contributed by atoms with E-state index >= 15 is 0 Å². The number of methoxy groups -OCH3 is 1. The van der Waals surface area contributed by atoms with Gasteiger partial charge in [0, 0.05) is 18.0 Å². The number of nitrogens with one attached hydrogen (secondary N) is 1. The van der Waals surface area contributed by atoms with Crippen LogP contribution in [0.3, 0.4) is 0 Å². The lowest BCUT2D eigenvalue weighted by molar-refractivity contribution is -0.120. The van der Waals surface area contributed by atoms with E-state index in [2.05, 4.69) is 5.32 Å². The van der Waals surface area contributed by atoms with E-state index in [-0.39, 0.29) is 18.1 Å². The van der Waals surface area contributed by atoms with Crippen LogP contribution in [0.4, 0.5) is 4.39 Å². The van der Waals surface area contributed by atoms with Crippen LogP contribution in [-0.2, 0) is 17.6 Å². The molecule has 0 aliphatic carbocycles. The second-order valence-electron chi connectivity index (χ2n) is 6.26. The average molecular weight is 369 g/mol. The molecule has 0 saturated carbocycles.